The summed E-state index contributed by atoms with van der Waals surface area (Å²) in [6.45, 7) is 3.93. The Kier molecular flexibility index (Phi) is 4.06. The predicted octanol–water partition coefficient (Wildman–Crippen LogP) is 3.36. The van der Waals surface area contributed by atoms with Crippen LogP contribution in [0.3, 0.4) is 0 Å². The molecule has 1 aromatic heterocycles. The van der Waals surface area contributed by atoms with Crippen molar-refractivity contribution < 1.29 is 0 Å². The molecule has 1 heterocycles. The van der Waals surface area contributed by atoms with Gasteiger partial charge in [0.1, 0.15) is 0 Å². The van der Waals surface area contributed by atoms with Gasteiger partial charge in [0.25, 0.3) is 0 Å². The Balaban J connectivity index is 1.90. The lowest BCUT2D eigenvalue weighted by Gasteiger charge is -2.30. The maximum atomic E-state index is 5.97. The Labute approximate surface area is 121 Å². The summed E-state index contributed by atoms with van der Waals surface area (Å²) >= 11 is 0. The number of rotatable bonds is 4. The lowest BCUT2D eigenvalue weighted by atomic mass is 9.77. The number of aromatic nitrogens is 2. The van der Waals surface area contributed by atoms with Gasteiger partial charge < -0.3 is 5.73 Å². The molecule has 1 aromatic carbocycles. The van der Waals surface area contributed by atoms with Gasteiger partial charge in [-0.25, -0.2) is 0 Å². The Bertz CT molecular complexity index is 573. The largest absolute Gasteiger partial charge is 0.330 e. The lowest BCUT2D eigenvalue weighted by Crippen LogP contribution is -2.28. The van der Waals surface area contributed by atoms with Crippen molar-refractivity contribution in [1.29, 1.82) is 0 Å². The molecule has 3 nitrogen and oxygen atoms in total. The van der Waals surface area contributed by atoms with E-state index in [0.717, 1.165) is 25.4 Å². The molecule has 20 heavy (non-hydrogen) atoms. The molecule has 0 saturated heterocycles. The zero-order valence-corrected chi connectivity index (χ0v) is 12.4. The molecule has 2 aromatic rings. The second-order valence-corrected chi connectivity index (χ2v) is 6.02. The van der Waals surface area contributed by atoms with Crippen molar-refractivity contribution in [2.75, 3.05) is 6.54 Å². The van der Waals surface area contributed by atoms with Crippen molar-refractivity contribution >= 4 is 10.9 Å². The molecule has 1 saturated carbocycles. The summed E-state index contributed by atoms with van der Waals surface area (Å²) < 4.78 is 2.13. The van der Waals surface area contributed by atoms with Crippen LogP contribution in [0.25, 0.3) is 10.9 Å². The fourth-order valence-corrected chi connectivity index (χ4v) is 3.70. The van der Waals surface area contributed by atoms with Crippen LogP contribution in [-0.2, 0) is 13.0 Å². The van der Waals surface area contributed by atoms with Crippen molar-refractivity contribution in [2.45, 2.75) is 45.6 Å². The van der Waals surface area contributed by atoms with E-state index in [1.807, 2.05) is 0 Å². The Morgan fingerprint density at radius 1 is 1.20 bits per heavy atom. The molecule has 0 bridgehead atoms. The number of benzene rings is 1. The highest BCUT2D eigenvalue weighted by Crippen LogP contribution is 2.33. The van der Waals surface area contributed by atoms with Crippen LogP contribution in [0.4, 0.5) is 0 Å². The summed E-state index contributed by atoms with van der Waals surface area (Å²) in [4.78, 5) is 0. The van der Waals surface area contributed by atoms with E-state index in [2.05, 4.69) is 35.9 Å². The second-order valence-electron chi connectivity index (χ2n) is 6.02. The van der Waals surface area contributed by atoms with Gasteiger partial charge in [-0.1, -0.05) is 31.0 Å². The van der Waals surface area contributed by atoms with Crippen molar-refractivity contribution in [3.05, 3.63) is 30.0 Å². The van der Waals surface area contributed by atoms with E-state index >= 15 is 0 Å². The predicted molar refractivity (Wildman–Crippen MR) is 83.6 cm³/mol. The first kappa shape index (κ1) is 13.6. The first-order valence-corrected chi connectivity index (χ1v) is 7.98. The third kappa shape index (κ3) is 2.47. The molecule has 2 N–H and O–H groups in total. The summed E-state index contributed by atoms with van der Waals surface area (Å²) in [6, 6.07) is 8.61. The van der Waals surface area contributed by atoms with Gasteiger partial charge in [-0.3, -0.25) is 4.68 Å². The molecule has 3 heteroatoms. The average Bonchev–Trinajstić information content (AvgIpc) is 2.86. The number of fused-ring (bicyclic) bond motifs is 1. The van der Waals surface area contributed by atoms with Crippen LogP contribution in [0, 0.1) is 11.8 Å². The minimum Gasteiger partial charge on any atom is -0.330 e. The quantitative estimate of drug-likeness (QED) is 0.926. The molecule has 1 aliphatic carbocycles. The molecule has 0 amide bonds. The van der Waals surface area contributed by atoms with Crippen LogP contribution < -0.4 is 5.73 Å². The fourth-order valence-electron chi connectivity index (χ4n) is 3.70. The van der Waals surface area contributed by atoms with Gasteiger partial charge in [0, 0.05) is 11.9 Å². The van der Waals surface area contributed by atoms with E-state index in [9.17, 15) is 0 Å². The topological polar surface area (TPSA) is 43.8 Å². The van der Waals surface area contributed by atoms with E-state index < -0.39 is 0 Å². The highest BCUT2D eigenvalue weighted by atomic mass is 15.3. The molecular formula is C17H25N3. The number of hydrogen-bond donors (Lipinski definition) is 1. The standard InChI is InChI=1S/C17H25N3/c1-2-20-17-10-6-5-9-15(17)16(19-20)11-13-7-3-4-8-14(13)12-18/h5-6,9-10,13-14H,2-4,7-8,11-12,18H2,1H3. The number of para-hydroxylation sites is 1. The second kappa shape index (κ2) is 5.96. The van der Waals surface area contributed by atoms with E-state index in [0.29, 0.717) is 5.92 Å². The first-order valence-electron chi connectivity index (χ1n) is 7.98. The molecule has 1 fully saturated rings. The zero-order valence-electron chi connectivity index (χ0n) is 12.4. The number of nitrogens with two attached hydrogens (primary N) is 1. The normalized spacial score (nSPS) is 23.3. The minimum absolute atomic E-state index is 0.689. The fraction of sp³-hybridized carbons (Fsp3) is 0.588. The number of aryl methyl sites for hydroxylation is 1. The Hall–Kier alpha value is -1.35. The van der Waals surface area contributed by atoms with Gasteiger partial charge in [-0.05, 0) is 50.6 Å². The minimum atomic E-state index is 0.689. The van der Waals surface area contributed by atoms with Crippen molar-refractivity contribution in [2.24, 2.45) is 17.6 Å². The van der Waals surface area contributed by atoms with Crippen molar-refractivity contribution in [3.8, 4) is 0 Å². The van der Waals surface area contributed by atoms with Gasteiger partial charge in [-0.15, -0.1) is 0 Å². The third-order valence-electron chi connectivity index (χ3n) is 4.86. The zero-order chi connectivity index (χ0) is 13.9. The summed E-state index contributed by atoms with van der Waals surface area (Å²) in [7, 11) is 0. The van der Waals surface area contributed by atoms with E-state index in [1.54, 1.807) is 0 Å². The molecule has 3 rings (SSSR count). The lowest BCUT2D eigenvalue weighted by molar-refractivity contribution is 0.240. The van der Waals surface area contributed by atoms with Crippen LogP contribution in [-0.4, -0.2) is 16.3 Å². The molecule has 2 unspecified atom stereocenters. The third-order valence-corrected chi connectivity index (χ3v) is 4.86. The first-order chi connectivity index (χ1) is 9.83. The maximum absolute atomic E-state index is 5.97. The number of hydrogen-bond acceptors (Lipinski definition) is 2. The van der Waals surface area contributed by atoms with Crippen LogP contribution in [0.1, 0.15) is 38.3 Å². The molecule has 1 aliphatic rings. The van der Waals surface area contributed by atoms with Gasteiger partial charge in [0.15, 0.2) is 0 Å². The molecule has 0 aliphatic heterocycles. The summed E-state index contributed by atoms with van der Waals surface area (Å²) in [5.74, 6) is 1.41. The molecule has 2 atom stereocenters. The van der Waals surface area contributed by atoms with Gasteiger partial charge in [-0.2, -0.15) is 5.10 Å². The number of nitrogens with zero attached hydrogens (tertiary/aromatic N) is 2. The van der Waals surface area contributed by atoms with Gasteiger partial charge in [0.05, 0.1) is 11.2 Å². The molecule has 0 spiro atoms. The highest BCUT2D eigenvalue weighted by molar-refractivity contribution is 5.81. The van der Waals surface area contributed by atoms with Crippen LogP contribution in [0.5, 0.6) is 0 Å². The summed E-state index contributed by atoms with van der Waals surface area (Å²) in [5.41, 5.74) is 8.51. The maximum Gasteiger partial charge on any atom is 0.0706 e. The van der Waals surface area contributed by atoms with Crippen LogP contribution >= 0.6 is 0 Å². The summed E-state index contributed by atoms with van der Waals surface area (Å²) in [6.07, 6.45) is 6.41. The van der Waals surface area contributed by atoms with Crippen molar-refractivity contribution in [3.63, 3.8) is 0 Å². The molecule has 0 radical (unpaired) electrons. The molecular weight excluding hydrogens is 246 g/mol. The average molecular weight is 271 g/mol. The highest BCUT2D eigenvalue weighted by Gasteiger charge is 2.25. The van der Waals surface area contributed by atoms with Gasteiger partial charge in [0.2, 0.25) is 0 Å². The Morgan fingerprint density at radius 3 is 2.70 bits per heavy atom. The smallest absolute Gasteiger partial charge is 0.0706 e. The summed E-state index contributed by atoms with van der Waals surface area (Å²) in [5, 5.41) is 6.18. The van der Waals surface area contributed by atoms with Crippen LogP contribution in [0.2, 0.25) is 0 Å². The van der Waals surface area contributed by atoms with E-state index in [1.165, 1.54) is 42.3 Å². The van der Waals surface area contributed by atoms with Crippen molar-refractivity contribution in [1.82, 2.24) is 9.78 Å². The molecule has 108 valence electrons. The van der Waals surface area contributed by atoms with E-state index in [4.69, 9.17) is 10.8 Å². The van der Waals surface area contributed by atoms with Gasteiger partial charge >= 0.3 is 0 Å². The van der Waals surface area contributed by atoms with Crippen LogP contribution in [0.15, 0.2) is 24.3 Å². The van der Waals surface area contributed by atoms with E-state index in [-0.39, 0.29) is 0 Å². The SMILES string of the molecule is CCn1nc(CC2CCCCC2CN)c2ccccc21. The monoisotopic (exact) mass is 271 g/mol. The Morgan fingerprint density at radius 2 is 1.95 bits per heavy atom.